The van der Waals surface area contributed by atoms with Crippen molar-refractivity contribution in [3.8, 4) is 0 Å². The number of hydrogen-bond acceptors (Lipinski definition) is 4. The molecule has 1 aliphatic rings. The molecule has 0 saturated heterocycles. The molecule has 1 aromatic rings. The number of nitrogens with two attached hydrogens (primary N) is 1. The molecule has 0 unspecified atom stereocenters. The lowest BCUT2D eigenvalue weighted by molar-refractivity contribution is 0.357. The maximum Gasteiger partial charge on any atom is 0.229 e. The van der Waals surface area contributed by atoms with Gasteiger partial charge in [-0.15, -0.1) is 12.4 Å². The molecule has 0 amide bonds. The molecular weight excluding hydrogens is 190 g/mol. The van der Waals surface area contributed by atoms with E-state index in [2.05, 4.69) is 10.1 Å². The molecule has 0 spiro atoms. The molecular formula is C8H14ClN3O. The lowest BCUT2D eigenvalue weighted by Crippen LogP contribution is -2.20. The van der Waals surface area contributed by atoms with Crippen LogP contribution in [0.3, 0.4) is 0 Å². The van der Waals surface area contributed by atoms with Crippen LogP contribution in [0, 0.1) is 0 Å². The first-order valence-electron chi connectivity index (χ1n) is 4.25. The van der Waals surface area contributed by atoms with Crippen LogP contribution in [0.25, 0.3) is 0 Å². The molecule has 2 N–H and O–H groups in total. The van der Waals surface area contributed by atoms with Crippen LogP contribution in [0.15, 0.2) is 4.52 Å². The minimum atomic E-state index is -0.267. The highest BCUT2D eigenvalue weighted by Crippen LogP contribution is 2.41. The van der Waals surface area contributed by atoms with Crippen LogP contribution in [0.1, 0.15) is 44.3 Å². The summed E-state index contributed by atoms with van der Waals surface area (Å²) < 4.78 is 5.05. The van der Waals surface area contributed by atoms with Crippen LogP contribution < -0.4 is 5.73 Å². The molecule has 1 saturated carbocycles. The summed E-state index contributed by atoms with van der Waals surface area (Å²) in [6.07, 6.45) is 1.95. The quantitative estimate of drug-likeness (QED) is 0.793. The van der Waals surface area contributed by atoms with Crippen LogP contribution in [-0.4, -0.2) is 10.1 Å². The smallest absolute Gasteiger partial charge is 0.229 e. The van der Waals surface area contributed by atoms with E-state index in [0.29, 0.717) is 11.7 Å². The van der Waals surface area contributed by atoms with E-state index in [0.717, 1.165) is 12.8 Å². The van der Waals surface area contributed by atoms with Gasteiger partial charge in [0.15, 0.2) is 5.82 Å². The fourth-order valence-electron chi connectivity index (χ4n) is 1.03. The number of halogens is 1. The lowest BCUT2D eigenvalue weighted by atomic mass is 10.2. The van der Waals surface area contributed by atoms with Gasteiger partial charge >= 0.3 is 0 Å². The standard InChI is InChI=1S/C8H13N3O.ClH/c1-5(2)6-10-7(11-12-6)8(9)3-4-8;/h5H,3-4,9H2,1-2H3;1H. The van der Waals surface area contributed by atoms with Crippen LogP contribution in [0.4, 0.5) is 0 Å². The van der Waals surface area contributed by atoms with Gasteiger partial charge in [-0.05, 0) is 12.8 Å². The highest BCUT2D eigenvalue weighted by Gasteiger charge is 2.44. The summed E-state index contributed by atoms with van der Waals surface area (Å²) in [5.41, 5.74) is 5.63. The zero-order valence-corrected chi connectivity index (χ0v) is 8.60. The fourth-order valence-corrected chi connectivity index (χ4v) is 1.03. The van der Waals surface area contributed by atoms with E-state index in [1.54, 1.807) is 0 Å². The van der Waals surface area contributed by atoms with E-state index in [9.17, 15) is 0 Å². The van der Waals surface area contributed by atoms with Crippen LogP contribution in [-0.2, 0) is 5.54 Å². The van der Waals surface area contributed by atoms with Gasteiger partial charge in [0.1, 0.15) is 0 Å². The summed E-state index contributed by atoms with van der Waals surface area (Å²) in [5.74, 6) is 1.64. The molecule has 2 rings (SSSR count). The van der Waals surface area contributed by atoms with Crippen LogP contribution >= 0.6 is 12.4 Å². The van der Waals surface area contributed by atoms with Crippen molar-refractivity contribution in [2.24, 2.45) is 5.73 Å². The van der Waals surface area contributed by atoms with Gasteiger partial charge in [-0.1, -0.05) is 19.0 Å². The number of rotatable bonds is 2. The van der Waals surface area contributed by atoms with Crippen molar-refractivity contribution in [3.05, 3.63) is 11.7 Å². The molecule has 74 valence electrons. The van der Waals surface area contributed by atoms with Gasteiger partial charge in [0, 0.05) is 5.92 Å². The van der Waals surface area contributed by atoms with E-state index < -0.39 is 0 Å². The third-order valence-electron chi connectivity index (χ3n) is 2.17. The molecule has 1 aromatic heterocycles. The number of hydrogen-bond donors (Lipinski definition) is 1. The summed E-state index contributed by atoms with van der Waals surface area (Å²) in [5, 5.41) is 3.86. The molecule has 1 heterocycles. The number of nitrogens with zero attached hydrogens (tertiary/aromatic N) is 2. The summed E-state index contributed by atoms with van der Waals surface area (Å²) in [6, 6.07) is 0. The lowest BCUT2D eigenvalue weighted by Gasteiger charge is -1.98. The Labute approximate surface area is 83.3 Å². The average Bonchev–Trinajstić information content (AvgIpc) is 2.61. The second-order valence-corrected chi connectivity index (χ2v) is 3.77. The van der Waals surface area contributed by atoms with Crippen molar-refractivity contribution in [2.75, 3.05) is 0 Å². The molecule has 13 heavy (non-hydrogen) atoms. The van der Waals surface area contributed by atoms with Gasteiger partial charge in [-0.25, -0.2) is 0 Å². The molecule has 0 bridgehead atoms. The maximum absolute atomic E-state index is 5.90. The molecule has 5 heteroatoms. The minimum absolute atomic E-state index is 0. The Kier molecular flexibility index (Phi) is 2.63. The second-order valence-electron chi connectivity index (χ2n) is 3.77. The second kappa shape index (κ2) is 3.27. The zero-order valence-electron chi connectivity index (χ0n) is 7.78. The highest BCUT2D eigenvalue weighted by atomic mass is 35.5. The van der Waals surface area contributed by atoms with E-state index in [4.69, 9.17) is 10.3 Å². The first-order chi connectivity index (χ1) is 5.62. The molecule has 0 atom stereocenters. The van der Waals surface area contributed by atoms with Gasteiger partial charge < -0.3 is 10.3 Å². The van der Waals surface area contributed by atoms with Crippen molar-refractivity contribution in [1.82, 2.24) is 10.1 Å². The Hall–Kier alpha value is -0.610. The van der Waals surface area contributed by atoms with Crippen molar-refractivity contribution in [2.45, 2.75) is 38.1 Å². The molecule has 1 aliphatic carbocycles. The minimum Gasteiger partial charge on any atom is -0.339 e. The van der Waals surface area contributed by atoms with Gasteiger partial charge in [0.25, 0.3) is 0 Å². The van der Waals surface area contributed by atoms with Gasteiger partial charge in [-0.3, -0.25) is 0 Å². The van der Waals surface area contributed by atoms with E-state index in [1.165, 1.54) is 0 Å². The van der Waals surface area contributed by atoms with Crippen molar-refractivity contribution >= 4 is 12.4 Å². The van der Waals surface area contributed by atoms with E-state index in [1.807, 2.05) is 13.8 Å². The van der Waals surface area contributed by atoms with E-state index in [-0.39, 0.29) is 23.9 Å². The molecule has 1 fully saturated rings. The number of aromatic nitrogens is 2. The van der Waals surface area contributed by atoms with Crippen molar-refractivity contribution in [1.29, 1.82) is 0 Å². The normalized spacial score (nSPS) is 18.5. The van der Waals surface area contributed by atoms with E-state index >= 15 is 0 Å². The van der Waals surface area contributed by atoms with Crippen LogP contribution in [0.2, 0.25) is 0 Å². The predicted octanol–water partition coefficient (Wildman–Crippen LogP) is 1.56. The van der Waals surface area contributed by atoms with Crippen molar-refractivity contribution in [3.63, 3.8) is 0 Å². The van der Waals surface area contributed by atoms with Crippen LogP contribution in [0.5, 0.6) is 0 Å². The Morgan fingerprint density at radius 1 is 1.46 bits per heavy atom. The Morgan fingerprint density at radius 2 is 2.08 bits per heavy atom. The average molecular weight is 204 g/mol. The fraction of sp³-hybridized carbons (Fsp3) is 0.750. The Balaban J connectivity index is 0.000000845. The summed E-state index contributed by atoms with van der Waals surface area (Å²) in [7, 11) is 0. The Morgan fingerprint density at radius 3 is 2.46 bits per heavy atom. The largest absolute Gasteiger partial charge is 0.339 e. The van der Waals surface area contributed by atoms with Crippen molar-refractivity contribution < 1.29 is 4.52 Å². The van der Waals surface area contributed by atoms with Gasteiger partial charge in [0.2, 0.25) is 5.89 Å². The molecule has 0 aliphatic heterocycles. The third kappa shape index (κ3) is 1.84. The highest BCUT2D eigenvalue weighted by molar-refractivity contribution is 5.85. The first-order valence-corrected chi connectivity index (χ1v) is 4.25. The summed E-state index contributed by atoms with van der Waals surface area (Å²) in [4.78, 5) is 4.24. The van der Waals surface area contributed by atoms with Gasteiger partial charge in [-0.2, -0.15) is 4.98 Å². The Bertz CT molecular complexity index is 293. The zero-order chi connectivity index (χ0) is 8.77. The third-order valence-corrected chi connectivity index (χ3v) is 2.17. The monoisotopic (exact) mass is 203 g/mol. The molecule has 4 nitrogen and oxygen atoms in total. The van der Waals surface area contributed by atoms with Gasteiger partial charge in [0.05, 0.1) is 5.54 Å². The topological polar surface area (TPSA) is 64.9 Å². The summed E-state index contributed by atoms with van der Waals surface area (Å²) >= 11 is 0. The molecule has 0 radical (unpaired) electrons. The maximum atomic E-state index is 5.90. The summed E-state index contributed by atoms with van der Waals surface area (Å²) in [6.45, 7) is 4.04. The molecule has 0 aromatic carbocycles. The predicted molar refractivity (Wildman–Crippen MR) is 50.7 cm³/mol. The first kappa shape index (κ1) is 10.5. The SMILES string of the molecule is CC(C)c1nc(C2(N)CC2)no1.Cl.